The SMILES string of the molecule is CC[C@H](C)[C@H](NC(=O)[C@H](CCCCNC(=O)OC(C)(C)C)NC(=O)[C@H](CC(=O)OC(C)(C)C)NC(=O)[C@@H](N)CC(C)C)C(=O)N[C@@H](C)C(=O)N[C@@H](CCC(=O)NC(c1ccccc1)(c1ccccc1)c1ccccc1)C(=O)O. The zero-order valence-corrected chi connectivity index (χ0v) is 47.2. The molecular weight excluding hydrogens is 1000 g/mol. The zero-order chi connectivity index (χ0) is 58.4. The van der Waals surface area contributed by atoms with E-state index in [1.54, 1.807) is 55.4 Å². The molecule has 0 aliphatic heterocycles. The molecule has 10 N–H and O–H groups in total. The number of unbranched alkanes of at least 4 members (excludes halogenated alkanes) is 1. The predicted octanol–water partition coefficient (Wildman–Crippen LogP) is 5.25. The van der Waals surface area contributed by atoms with E-state index in [4.69, 9.17) is 15.2 Å². The first-order valence-electron chi connectivity index (χ1n) is 26.7. The van der Waals surface area contributed by atoms with E-state index in [1.165, 1.54) is 6.92 Å². The van der Waals surface area contributed by atoms with Crippen molar-refractivity contribution in [1.29, 1.82) is 0 Å². The number of hydrogen-bond donors (Lipinski definition) is 9. The summed E-state index contributed by atoms with van der Waals surface area (Å²) in [5, 5.41) is 29.0. The van der Waals surface area contributed by atoms with Gasteiger partial charge in [0.25, 0.3) is 0 Å². The molecule has 3 aromatic carbocycles. The van der Waals surface area contributed by atoms with E-state index in [0.29, 0.717) is 12.8 Å². The summed E-state index contributed by atoms with van der Waals surface area (Å²) in [6.07, 6.45) is -0.734. The standard InChI is InChI=1S/C58H84N8O12/c1-12-37(4)48(65-51(71)43(30-22-23-33-60-55(76)78-57(9,10)11)62-52(72)45(35-47(68)77-56(6,7)8)64-50(70)42(59)34-36(2)3)53(73)61-38(5)49(69)63-44(54(74)75)31-32-46(67)66-58(39-24-16-13-17-25-39,40-26-18-14-19-27-40)41-28-20-15-21-29-41/h13-21,24-29,36-38,42-45,48H,12,22-23,30-35,59H2,1-11H3,(H,60,76)(H,61,73)(H,62,72)(H,63,69)(H,64,70)(H,65,71)(H,66,67)(H,74,75)/t37-,38-,42-,43-,44-,45-,48-/m0/s1. The van der Waals surface area contributed by atoms with Crippen LogP contribution in [0, 0.1) is 11.8 Å². The van der Waals surface area contributed by atoms with Crippen LogP contribution < -0.4 is 43.0 Å². The Morgan fingerprint density at radius 1 is 0.577 bits per heavy atom. The fourth-order valence-corrected chi connectivity index (χ4v) is 8.38. The molecule has 428 valence electrons. The van der Waals surface area contributed by atoms with Gasteiger partial charge in [0, 0.05) is 13.0 Å². The fraction of sp³-hybridized carbons (Fsp3) is 0.534. The minimum absolute atomic E-state index is 0.0233. The van der Waals surface area contributed by atoms with Gasteiger partial charge in [-0.15, -0.1) is 0 Å². The van der Waals surface area contributed by atoms with Crippen LogP contribution in [0.2, 0.25) is 0 Å². The largest absolute Gasteiger partial charge is 0.480 e. The van der Waals surface area contributed by atoms with Crippen molar-refractivity contribution in [2.75, 3.05) is 6.54 Å². The highest BCUT2D eigenvalue weighted by Gasteiger charge is 2.39. The smallest absolute Gasteiger partial charge is 0.407 e. The van der Waals surface area contributed by atoms with E-state index in [-0.39, 0.29) is 44.6 Å². The number of nitrogens with one attached hydrogen (secondary N) is 7. The Morgan fingerprint density at radius 2 is 1.06 bits per heavy atom. The number of carbonyl (C=O) groups excluding carboxylic acids is 8. The third-order valence-corrected chi connectivity index (χ3v) is 12.5. The molecule has 0 heterocycles. The molecule has 0 saturated heterocycles. The van der Waals surface area contributed by atoms with E-state index >= 15 is 0 Å². The maximum absolute atomic E-state index is 14.4. The number of ether oxygens (including phenoxy) is 2. The van der Waals surface area contributed by atoms with Crippen LogP contribution in [0.4, 0.5) is 4.79 Å². The Hall–Kier alpha value is -7.35. The quantitative estimate of drug-likeness (QED) is 0.0244. The molecule has 20 heteroatoms. The van der Waals surface area contributed by atoms with Gasteiger partial charge in [-0.05, 0) is 109 Å². The maximum Gasteiger partial charge on any atom is 0.407 e. The number of aliphatic carboxylic acids is 1. The molecule has 3 aromatic rings. The number of alkyl carbamates (subject to hydrolysis) is 1. The van der Waals surface area contributed by atoms with Gasteiger partial charge >= 0.3 is 18.0 Å². The lowest BCUT2D eigenvalue weighted by molar-refractivity contribution is -0.156. The zero-order valence-electron chi connectivity index (χ0n) is 47.2. The minimum atomic E-state index is -1.55. The average Bonchev–Trinajstić information content (AvgIpc) is 3.36. The normalized spacial score (nSPS) is 14.4. The summed E-state index contributed by atoms with van der Waals surface area (Å²) in [5.74, 6) is -7.38. The Bertz CT molecular complexity index is 2370. The molecule has 20 nitrogen and oxygen atoms in total. The summed E-state index contributed by atoms with van der Waals surface area (Å²) in [6, 6.07) is 20.0. The van der Waals surface area contributed by atoms with Crippen LogP contribution in [0.25, 0.3) is 0 Å². The first-order chi connectivity index (χ1) is 36.6. The van der Waals surface area contributed by atoms with Crippen LogP contribution in [-0.2, 0) is 53.4 Å². The second kappa shape index (κ2) is 30.6. The number of carboxylic acids is 1. The van der Waals surface area contributed by atoms with Crippen LogP contribution >= 0.6 is 0 Å². The molecule has 0 fully saturated rings. The van der Waals surface area contributed by atoms with E-state index in [2.05, 4.69) is 37.2 Å². The third-order valence-electron chi connectivity index (χ3n) is 12.5. The minimum Gasteiger partial charge on any atom is -0.480 e. The van der Waals surface area contributed by atoms with Crippen LogP contribution in [0.15, 0.2) is 91.0 Å². The van der Waals surface area contributed by atoms with E-state index in [0.717, 1.165) is 16.7 Å². The molecule has 0 bridgehead atoms. The number of carboxylic acid groups (broad SMARTS) is 1. The van der Waals surface area contributed by atoms with Crippen LogP contribution in [-0.4, -0.2) is 113 Å². The fourth-order valence-electron chi connectivity index (χ4n) is 8.38. The monoisotopic (exact) mass is 1080 g/mol. The molecule has 7 amide bonds. The molecule has 7 atom stereocenters. The Balaban J connectivity index is 1.83. The predicted molar refractivity (Wildman–Crippen MR) is 295 cm³/mol. The molecule has 0 unspecified atom stereocenters. The summed E-state index contributed by atoms with van der Waals surface area (Å²) in [6.45, 7) is 18.7. The van der Waals surface area contributed by atoms with Crippen molar-refractivity contribution < 1.29 is 57.7 Å². The summed E-state index contributed by atoms with van der Waals surface area (Å²) < 4.78 is 10.8. The van der Waals surface area contributed by atoms with Crippen molar-refractivity contribution >= 4 is 53.5 Å². The molecule has 0 aromatic heterocycles. The third kappa shape index (κ3) is 21.6. The Morgan fingerprint density at radius 3 is 1.54 bits per heavy atom. The van der Waals surface area contributed by atoms with Crippen molar-refractivity contribution in [1.82, 2.24) is 37.2 Å². The lowest BCUT2D eigenvalue weighted by atomic mass is 9.77. The number of nitrogens with two attached hydrogens (primary N) is 1. The van der Waals surface area contributed by atoms with Crippen LogP contribution in [0.1, 0.15) is 144 Å². The van der Waals surface area contributed by atoms with E-state index in [9.17, 15) is 48.3 Å². The maximum atomic E-state index is 14.4. The summed E-state index contributed by atoms with van der Waals surface area (Å²) in [5.41, 5.74) is 5.56. The van der Waals surface area contributed by atoms with Gasteiger partial charge in [-0.2, -0.15) is 0 Å². The van der Waals surface area contributed by atoms with Gasteiger partial charge in [0.1, 0.15) is 47.0 Å². The number of hydrogen-bond acceptors (Lipinski definition) is 12. The lowest BCUT2D eigenvalue weighted by Gasteiger charge is -2.37. The Labute approximate surface area is 459 Å². The van der Waals surface area contributed by atoms with Gasteiger partial charge in [0.2, 0.25) is 35.4 Å². The molecule has 3 rings (SSSR count). The highest BCUT2D eigenvalue weighted by molar-refractivity contribution is 5.97. The second-order valence-electron chi connectivity index (χ2n) is 22.0. The van der Waals surface area contributed by atoms with Gasteiger partial charge in [-0.25, -0.2) is 9.59 Å². The number of carbonyl (C=O) groups is 9. The Kier molecular flexibility index (Phi) is 25.4. The van der Waals surface area contributed by atoms with Crippen LogP contribution in [0.3, 0.4) is 0 Å². The van der Waals surface area contributed by atoms with Gasteiger partial charge in [-0.1, -0.05) is 125 Å². The van der Waals surface area contributed by atoms with Crippen molar-refractivity contribution in [3.8, 4) is 0 Å². The lowest BCUT2D eigenvalue weighted by Crippen LogP contribution is -2.60. The summed E-state index contributed by atoms with van der Waals surface area (Å²) in [4.78, 5) is 122. The van der Waals surface area contributed by atoms with Gasteiger partial charge in [0.15, 0.2) is 0 Å². The molecular formula is C58H84N8O12. The van der Waals surface area contributed by atoms with Crippen molar-refractivity contribution in [2.45, 2.75) is 181 Å². The van der Waals surface area contributed by atoms with E-state index in [1.807, 2.05) is 105 Å². The molecule has 0 radical (unpaired) electrons. The first kappa shape index (κ1) is 64.9. The molecule has 0 spiro atoms. The molecule has 78 heavy (non-hydrogen) atoms. The van der Waals surface area contributed by atoms with Gasteiger partial charge in [0.05, 0.1) is 12.5 Å². The number of amides is 7. The average molecular weight is 1090 g/mol. The molecule has 0 aliphatic carbocycles. The molecule has 0 aliphatic rings. The highest BCUT2D eigenvalue weighted by atomic mass is 16.6. The van der Waals surface area contributed by atoms with Crippen molar-refractivity contribution in [3.63, 3.8) is 0 Å². The number of esters is 1. The van der Waals surface area contributed by atoms with Crippen molar-refractivity contribution in [2.24, 2.45) is 17.6 Å². The topological polar surface area (TPSA) is 303 Å². The number of rotatable bonds is 29. The van der Waals surface area contributed by atoms with Gasteiger partial charge in [-0.3, -0.25) is 33.6 Å². The first-order valence-corrected chi connectivity index (χ1v) is 26.7. The van der Waals surface area contributed by atoms with Crippen molar-refractivity contribution in [3.05, 3.63) is 108 Å². The summed E-state index contributed by atoms with van der Waals surface area (Å²) >= 11 is 0. The van der Waals surface area contributed by atoms with Gasteiger partial charge < -0.3 is 57.5 Å². The molecule has 0 saturated carbocycles. The number of benzene rings is 3. The van der Waals surface area contributed by atoms with Crippen LogP contribution in [0.5, 0.6) is 0 Å². The highest BCUT2D eigenvalue weighted by Crippen LogP contribution is 2.37. The van der Waals surface area contributed by atoms with E-state index < -0.39 is 119 Å². The second-order valence-corrected chi connectivity index (χ2v) is 22.0. The summed E-state index contributed by atoms with van der Waals surface area (Å²) in [7, 11) is 0.